The number of fused-ring (bicyclic) bond motifs is 3. The Bertz CT molecular complexity index is 723. The van der Waals surface area contributed by atoms with Gasteiger partial charge in [0.1, 0.15) is 5.75 Å². The third-order valence-corrected chi connectivity index (χ3v) is 9.29. The molecule has 136 valence electrons. The second kappa shape index (κ2) is 4.92. The van der Waals surface area contributed by atoms with Gasteiger partial charge in [-0.25, -0.2) is 0 Å². The van der Waals surface area contributed by atoms with Crippen molar-refractivity contribution in [1.82, 2.24) is 0 Å². The predicted molar refractivity (Wildman–Crippen MR) is 103 cm³/mol. The molecule has 5 rings (SSSR count). The number of hydrogen-bond acceptors (Lipinski definition) is 2. The zero-order chi connectivity index (χ0) is 17.6. The van der Waals surface area contributed by atoms with Crippen molar-refractivity contribution in [3.8, 4) is 5.75 Å². The fourth-order valence-electron chi connectivity index (χ4n) is 7.36. The van der Waals surface area contributed by atoms with Gasteiger partial charge >= 0.3 is 0 Å². The first-order chi connectivity index (χ1) is 11.7. The fourth-order valence-corrected chi connectivity index (χ4v) is 8.57. The Morgan fingerprint density at radius 2 is 2.00 bits per heavy atom. The van der Waals surface area contributed by atoms with Crippen LogP contribution in [0, 0.1) is 22.7 Å². The van der Waals surface area contributed by atoms with E-state index in [9.17, 15) is 5.11 Å². The zero-order valence-electron chi connectivity index (χ0n) is 16.1. The SMILES string of the molecule is C[C@]12CC[C@@H]3c4ccc(O)cc4CC[C@H]3[C@@]13C[C@H]3C[C@H]2O[Si](C)(C)C. The van der Waals surface area contributed by atoms with Crippen LogP contribution in [-0.4, -0.2) is 19.5 Å². The molecule has 6 atom stereocenters. The summed E-state index contributed by atoms with van der Waals surface area (Å²) in [4.78, 5) is 0. The topological polar surface area (TPSA) is 29.5 Å². The van der Waals surface area contributed by atoms with Crippen LogP contribution in [0.3, 0.4) is 0 Å². The molecule has 0 aromatic heterocycles. The quantitative estimate of drug-likeness (QED) is 0.712. The molecule has 3 heteroatoms. The van der Waals surface area contributed by atoms with E-state index in [0.717, 1.165) is 18.3 Å². The molecule has 1 spiro atoms. The molecular formula is C22H32O2Si. The van der Waals surface area contributed by atoms with Crippen LogP contribution in [-0.2, 0) is 10.8 Å². The number of aromatic hydroxyl groups is 1. The smallest absolute Gasteiger partial charge is 0.184 e. The van der Waals surface area contributed by atoms with E-state index in [2.05, 4.69) is 32.6 Å². The third-order valence-electron chi connectivity index (χ3n) is 8.29. The minimum atomic E-state index is -1.49. The summed E-state index contributed by atoms with van der Waals surface area (Å²) in [6, 6.07) is 6.15. The van der Waals surface area contributed by atoms with Crippen LogP contribution in [0.1, 0.15) is 56.1 Å². The highest BCUT2D eigenvalue weighted by molar-refractivity contribution is 6.69. The van der Waals surface area contributed by atoms with Gasteiger partial charge in [-0.05, 0) is 110 Å². The molecule has 1 N–H and O–H groups in total. The van der Waals surface area contributed by atoms with Crippen LogP contribution in [0.15, 0.2) is 18.2 Å². The highest BCUT2D eigenvalue weighted by atomic mass is 28.4. The largest absolute Gasteiger partial charge is 0.508 e. The lowest BCUT2D eigenvalue weighted by Crippen LogP contribution is -2.50. The van der Waals surface area contributed by atoms with Gasteiger partial charge in [-0.1, -0.05) is 13.0 Å². The summed E-state index contributed by atoms with van der Waals surface area (Å²) in [5.74, 6) is 2.90. The Labute approximate surface area is 153 Å². The molecule has 3 fully saturated rings. The molecule has 0 heterocycles. The maximum absolute atomic E-state index is 9.86. The van der Waals surface area contributed by atoms with E-state index in [1.54, 1.807) is 5.56 Å². The standard InChI is InChI=1S/C22H32O2Si/c1-21-10-9-18-17-7-6-16(23)11-14(17)5-8-19(18)22(21)13-15(22)12-20(21)24-25(2,3)4/h6-7,11,15,18-20,23H,5,8-10,12-13H2,1-4H3/t15-,18-,19-,20-,21-,22+/m1/s1. The first kappa shape index (κ1) is 16.4. The van der Waals surface area contributed by atoms with Gasteiger partial charge in [0.2, 0.25) is 0 Å². The summed E-state index contributed by atoms with van der Waals surface area (Å²) < 4.78 is 6.74. The summed E-state index contributed by atoms with van der Waals surface area (Å²) in [5, 5.41) is 9.86. The Morgan fingerprint density at radius 3 is 2.76 bits per heavy atom. The monoisotopic (exact) mass is 356 g/mol. The second-order valence-electron chi connectivity index (χ2n) is 10.5. The normalized spacial score (nSPS) is 44.5. The zero-order valence-corrected chi connectivity index (χ0v) is 17.1. The lowest BCUT2D eigenvalue weighted by molar-refractivity contribution is -0.0481. The van der Waals surface area contributed by atoms with Crippen LogP contribution in [0.25, 0.3) is 0 Å². The van der Waals surface area contributed by atoms with Crippen LogP contribution < -0.4 is 0 Å². The van der Waals surface area contributed by atoms with Gasteiger partial charge in [0.25, 0.3) is 0 Å². The molecule has 0 unspecified atom stereocenters. The molecule has 0 radical (unpaired) electrons. The molecule has 0 amide bonds. The average molecular weight is 357 g/mol. The molecule has 4 aliphatic rings. The number of aryl methyl sites for hydroxylation is 1. The van der Waals surface area contributed by atoms with Crippen molar-refractivity contribution in [3.63, 3.8) is 0 Å². The van der Waals surface area contributed by atoms with Gasteiger partial charge in [0.05, 0.1) is 6.10 Å². The fraction of sp³-hybridized carbons (Fsp3) is 0.727. The molecule has 25 heavy (non-hydrogen) atoms. The molecule has 0 aliphatic heterocycles. The molecule has 2 nitrogen and oxygen atoms in total. The van der Waals surface area contributed by atoms with Crippen LogP contribution in [0.4, 0.5) is 0 Å². The van der Waals surface area contributed by atoms with Crippen LogP contribution in [0.2, 0.25) is 19.6 Å². The van der Waals surface area contributed by atoms with Crippen LogP contribution >= 0.6 is 0 Å². The van der Waals surface area contributed by atoms with Gasteiger partial charge in [-0.2, -0.15) is 0 Å². The Balaban J connectivity index is 1.50. The van der Waals surface area contributed by atoms with E-state index in [1.165, 1.54) is 37.7 Å². The van der Waals surface area contributed by atoms with Crippen molar-refractivity contribution in [3.05, 3.63) is 29.3 Å². The van der Waals surface area contributed by atoms with Crippen molar-refractivity contribution in [2.75, 3.05) is 0 Å². The van der Waals surface area contributed by atoms with E-state index < -0.39 is 8.32 Å². The Kier molecular flexibility index (Phi) is 3.22. The molecule has 3 saturated carbocycles. The minimum absolute atomic E-state index is 0.396. The molecule has 4 aliphatic carbocycles. The van der Waals surface area contributed by atoms with Gasteiger partial charge < -0.3 is 9.53 Å². The van der Waals surface area contributed by atoms with Crippen molar-refractivity contribution in [2.24, 2.45) is 22.7 Å². The first-order valence-corrected chi connectivity index (χ1v) is 13.6. The van der Waals surface area contributed by atoms with Crippen molar-refractivity contribution >= 4 is 8.32 Å². The average Bonchev–Trinajstić information content (AvgIpc) is 3.18. The second-order valence-corrected chi connectivity index (χ2v) is 14.9. The Morgan fingerprint density at radius 1 is 1.20 bits per heavy atom. The van der Waals surface area contributed by atoms with Gasteiger partial charge in [-0.15, -0.1) is 0 Å². The molecule has 0 saturated heterocycles. The lowest BCUT2D eigenvalue weighted by atomic mass is 9.52. The van der Waals surface area contributed by atoms with Gasteiger partial charge in [-0.3, -0.25) is 0 Å². The predicted octanol–water partition coefficient (Wildman–Crippen LogP) is 5.47. The Hall–Kier alpha value is -0.803. The third kappa shape index (κ3) is 2.12. The summed E-state index contributed by atoms with van der Waals surface area (Å²) in [6.07, 6.45) is 8.34. The number of phenols is 1. The maximum Gasteiger partial charge on any atom is 0.184 e. The van der Waals surface area contributed by atoms with Gasteiger partial charge in [0.15, 0.2) is 8.32 Å². The van der Waals surface area contributed by atoms with Gasteiger partial charge in [0, 0.05) is 0 Å². The molecular weight excluding hydrogens is 324 g/mol. The summed E-state index contributed by atoms with van der Waals surface area (Å²) in [7, 11) is -1.49. The van der Waals surface area contributed by atoms with Crippen molar-refractivity contribution in [2.45, 2.75) is 77.1 Å². The first-order valence-electron chi connectivity index (χ1n) is 10.2. The van der Waals surface area contributed by atoms with Crippen molar-refractivity contribution < 1.29 is 9.53 Å². The molecule has 0 bridgehead atoms. The number of benzene rings is 1. The van der Waals surface area contributed by atoms with E-state index in [0.29, 0.717) is 28.6 Å². The van der Waals surface area contributed by atoms with E-state index in [1.807, 2.05) is 12.1 Å². The van der Waals surface area contributed by atoms with Crippen LogP contribution in [0.5, 0.6) is 5.75 Å². The van der Waals surface area contributed by atoms with E-state index in [-0.39, 0.29) is 0 Å². The highest BCUT2D eigenvalue weighted by Crippen LogP contribution is 2.82. The summed E-state index contributed by atoms with van der Waals surface area (Å²) in [5.41, 5.74) is 3.90. The minimum Gasteiger partial charge on any atom is -0.508 e. The maximum atomic E-state index is 9.86. The number of phenolic OH excluding ortho intramolecular Hbond substituents is 1. The van der Waals surface area contributed by atoms with Crippen molar-refractivity contribution in [1.29, 1.82) is 0 Å². The molecule has 1 aromatic carbocycles. The van der Waals surface area contributed by atoms with E-state index in [4.69, 9.17) is 4.43 Å². The molecule has 1 aromatic rings. The lowest BCUT2D eigenvalue weighted by Gasteiger charge is -2.54. The highest BCUT2D eigenvalue weighted by Gasteiger charge is 2.77. The van der Waals surface area contributed by atoms with E-state index >= 15 is 0 Å². The summed E-state index contributed by atoms with van der Waals surface area (Å²) in [6.45, 7) is 9.62. The number of hydrogen-bond donors (Lipinski definition) is 1. The number of rotatable bonds is 2. The summed E-state index contributed by atoms with van der Waals surface area (Å²) >= 11 is 0.